The van der Waals surface area contributed by atoms with Crippen molar-refractivity contribution in [2.24, 2.45) is 0 Å². The van der Waals surface area contributed by atoms with Crippen LogP contribution < -0.4 is 20.6 Å². The van der Waals surface area contributed by atoms with Crippen molar-refractivity contribution >= 4 is 46.2 Å². The summed E-state index contributed by atoms with van der Waals surface area (Å²) in [6.07, 6.45) is 0. The molecule has 0 amide bonds. The van der Waals surface area contributed by atoms with E-state index < -0.39 is 0 Å². The van der Waals surface area contributed by atoms with Crippen molar-refractivity contribution in [3.63, 3.8) is 0 Å². The van der Waals surface area contributed by atoms with Crippen LogP contribution in [0.1, 0.15) is 94.3 Å². The van der Waals surface area contributed by atoms with Gasteiger partial charge in [-0.2, -0.15) is 0 Å². The van der Waals surface area contributed by atoms with Crippen molar-refractivity contribution in [3.05, 3.63) is 221 Å². The molecule has 12 rings (SSSR count). The summed E-state index contributed by atoms with van der Waals surface area (Å²) < 4.78 is 0. The molecule has 0 saturated carbocycles. The first-order valence-corrected chi connectivity index (χ1v) is 25.6. The van der Waals surface area contributed by atoms with Gasteiger partial charge in [-0.05, 0) is 169 Å². The Hall–Kier alpha value is -7.36. The number of hydrogen-bond acceptors (Lipinski definition) is 2. The summed E-state index contributed by atoms with van der Waals surface area (Å²) in [5.74, 6) is 0. The van der Waals surface area contributed by atoms with E-state index in [4.69, 9.17) is 0 Å². The molecule has 0 aromatic heterocycles. The maximum Gasteiger partial charge on any atom is 0.333 e. The monoisotopic (exact) mass is 919 g/mol. The van der Waals surface area contributed by atoms with E-state index in [0.29, 0.717) is 0 Å². The fourth-order valence-electron chi connectivity index (χ4n) is 12.6. The van der Waals surface area contributed by atoms with E-state index in [2.05, 4.69) is 268 Å². The van der Waals surface area contributed by atoms with Crippen LogP contribution in [0.2, 0.25) is 0 Å². The van der Waals surface area contributed by atoms with Crippen LogP contribution in [0.25, 0.3) is 55.6 Å². The average molecular weight is 919 g/mol. The lowest BCUT2D eigenvalue weighted by atomic mass is 9.42. The molecule has 1 aliphatic carbocycles. The second-order valence-corrected chi connectivity index (χ2v) is 23.2. The van der Waals surface area contributed by atoms with E-state index in [1.54, 1.807) is 0 Å². The van der Waals surface area contributed by atoms with Gasteiger partial charge >= 0.3 is 6.85 Å². The molecular weight excluding hydrogens is 856 g/mol. The number of nitrogens with zero attached hydrogens (tertiary/aromatic N) is 2. The predicted molar refractivity (Wildman–Crippen MR) is 306 cm³/mol. The topological polar surface area (TPSA) is 6.48 Å². The molecule has 0 spiro atoms. The molecule has 71 heavy (non-hydrogen) atoms. The molecule has 0 N–H and O–H groups in total. The molecule has 2 nitrogen and oxygen atoms in total. The first-order valence-electron chi connectivity index (χ1n) is 25.6. The van der Waals surface area contributed by atoms with Gasteiger partial charge in [0.2, 0.25) is 0 Å². The molecule has 348 valence electrons. The molecule has 9 aromatic rings. The van der Waals surface area contributed by atoms with Gasteiger partial charge in [0.15, 0.2) is 0 Å². The molecule has 9 aromatic carbocycles. The van der Waals surface area contributed by atoms with Gasteiger partial charge in [-0.15, -0.1) is 0 Å². The van der Waals surface area contributed by atoms with Gasteiger partial charge in [0.25, 0.3) is 0 Å². The van der Waals surface area contributed by atoms with Crippen molar-refractivity contribution in [3.8, 4) is 55.6 Å². The Balaban J connectivity index is 1.27. The van der Waals surface area contributed by atoms with Gasteiger partial charge in [-0.3, -0.25) is 0 Å². The maximum atomic E-state index is 2.72. The highest BCUT2D eigenvalue weighted by Crippen LogP contribution is 2.58. The van der Waals surface area contributed by atoms with E-state index in [9.17, 15) is 0 Å². The zero-order valence-corrected chi connectivity index (χ0v) is 43.3. The van der Waals surface area contributed by atoms with Crippen molar-refractivity contribution < 1.29 is 0 Å². The van der Waals surface area contributed by atoms with Crippen LogP contribution >= 0.6 is 0 Å². The molecular formula is C68H63BN2. The lowest BCUT2D eigenvalue weighted by molar-refractivity contribution is 0.590. The first kappa shape index (κ1) is 44.8. The van der Waals surface area contributed by atoms with E-state index in [-0.39, 0.29) is 23.1 Å². The van der Waals surface area contributed by atoms with Gasteiger partial charge in [0, 0.05) is 39.3 Å². The fraction of sp³-hybridized carbons (Fsp3) is 0.206. The summed E-state index contributed by atoms with van der Waals surface area (Å²) in [7, 11) is 0. The number of fused-ring (bicyclic) bond motifs is 8. The minimum absolute atomic E-state index is 0.0173. The summed E-state index contributed by atoms with van der Waals surface area (Å²) in [6.45, 7) is 25.5. The molecule has 2 aliphatic heterocycles. The molecule has 0 bridgehead atoms. The van der Waals surface area contributed by atoms with E-state index in [0.717, 1.165) is 0 Å². The summed E-state index contributed by atoms with van der Waals surface area (Å²) in [4.78, 5) is 5.41. The zero-order valence-electron chi connectivity index (χ0n) is 43.3. The van der Waals surface area contributed by atoms with Crippen LogP contribution in [-0.4, -0.2) is 6.85 Å². The number of benzene rings is 9. The predicted octanol–water partition coefficient (Wildman–Crippen LogP) is 17.2. The van der Waals surface area contributed by atoms with Crippen molar-refractivity contribution in [2.45, 2.75) is 92.4 Å². The van der Waals surface area contributed by atoms with Gasteiger partial charge in [0.1, 0.15) is 0 Å². The van der Waals surface area contributed by atoms with Crippen LogP contribution in [0, 0.1) is 20.8 Å². The average Bonchev–Trinajstić information content (AvgIpc) is 3.59. The van der Waals surface area contributed by atoms with Crippen LogP contribution in [0.3, 0.4) is 0 Å². The largest absolute Gasteiger partial charge is 0.376 e. The molecule has 3 aliphatic rings. The molecule has 0 radical (unpaired) electrons. The van der Waals surface area contributed by atoms with Gasteiger partial charge < -0.3 is 9.71 Å². The van der Waals surface area contributed by atoms with Crippen molar-refractivity contribution in [2.75, 3.05) is 9.71 Å². The summed E-state index contributed by atoms with van der Waals surface area (Å²) in [5, 5.41) is 0. The highest BCUT2D eigenvalue weighted by atomic mass is 15.2. The second kappa shape index (κ2) is 16.1. The molecule has 3 heteroatoms. The third-order valence-corrected chi connectivity index (χ3v) is 16.0. The molecule has 2 heterocycles. The van der Waals surface area contributed by atoms with Crippen molar-refractivity contribution in [1.29, 1.82) is 0 Å². The maximum absolute atomic E-state index is 2.72. The Morgan fingerprint density at radius 1 is 0.437 bits per heavy atom. The molecule has 0 saturated heterocycles. The Kier molecular flexibility index (Phi) is 10.2. The lowest BCUT2D eigenvalue weighted by Crippen LogP contribution is -2.62. The van der Waals surface area contributed by atoms with Crippen LogP contribution in [0.15, 0.2) is 182 Å². The third kappa shape index (κ3) is 7.06. The van der Waals surface area contributed by atoms with E-state index >= 15 is 0 Å². The van der Waals surface area contributed by atoms with Crippen LogP contribution in [0.4, 0.5) is 28.4 Å². The third-order valence-electron chi connectivity index (χ3n) is 16.0. The van der Waals surface area contributed by atoms with E-state index in [1.807, 2.05) is 0 Å². The minimum atomic E-state index is -0.299. The number of rotatable bonds is 5. The van der Waals surface area contributed by atoms with Gasteiger partial charge in [-0.25, -0.2) is 0 Å². The number of anilines is 5. The quantitative estimate of drug-likeness (QED) is 0.159. The Labute approximate surface area is 422 Å². The minimum Gasteiger partial charge on any atom is -0.376 e. The second-order valence-electron chi connectivity index (χ2n) is 23.2. The molecule has 0 unspecified atom stereocenters. The highest BCUT2D eigenvalue weighted by Gasteiger charge is 2.50. The summed E-state index contributed by atoms with van der Waals surface area (Å²) in [5.41, 5.74) is 30.2. The summed E-state index contributed by atoms with van der Waals surface area (Å²) >= 11 is 0. The highest BCUT2D eigenvalue weighted by molar-refractivity contribution is 6.93. The molecule has 0 atom stereocenters. The fourth-order valence-corrected chi connectivity index (χ4v) is 12.6. The lowest BCUT2D eigenvalue weighted by Gasteiger charge is -2.48. The van der Waals surface area contributed by atoms with Crippen LogP contribution in [-0.2, 0) is 16.2 Å². The molecule has 0 fully saturated rings. The van der Waals surface area contributed by atoms with Crippen LogP contribution in [0.5, 0.6) is 0 Å². The normalized spacial score (nSPS) is 14.2. The standard InChI is InChI=1S/C68H63BN2/c1-42-36-43(2)62(44(3)37-42)48-39-56-55-38-47(45-20-14-12-15-21-45)26-34-60(55)71(51-30-27-49(28-31-51)66(4,5)6)69-58-33-32-53-52-24-18-19-25-57(52)68(10,11)63(53)65(58)70(61(40-48)64(56)69)59-35-29-50(67(7,8)9)41-54(59)46-22-16-13-17-23-46/h12-41H,1-11H3. The number of aryl methyl sites for hydroxylation is 3. The SMILES string of the molecule is Cc1cc(C)c(-c2cc3c4c(c2)N(c2ccc(C(C)(C)C)cc2-c2ccccc2)c2c(ccc5c2C(C)(C)c2ccccc2-5)B4N(c2ccc(C(C)(C)C)cc2)c2ccc(-c4ccccc4)cc2-3)c(C)c1. The Morgan fingerprint density at radius 2 is 1.04 bits per heavy atom. The first-order chi connectivity index (χ1) is 34.0. The smallest absolute Gasteiger partial charge is 0.333 e. The Morgan fingerprint density at radius 3 is 1.72 bits per heavy atom. The summed E-state index contributed by atoms with van der Waals surface area (Å²) in [6, 6.07) is 69.9. The van der Waals surface area contributed by atoms with Gasteiger partial charge in [-0.1, -0.05) is 194 Å². The zero-order chi connectivity index (χ0) is 49.3. The van der Waals surface area contributed by atoms with Gasteiger partial charge in [0.05, 0.1) is 5.69 Å². The number of hydrogen-bond donors (Lipinski definition) is 0. The Bertz CT molecular complexity index is 3580. The van der Waals surface area contributed by atoms with E-state index in [1.165, 1.54) is 134 Å². The van der Waals surface area contributed by atoms with Crippen molar-refractivity contribution in [1.82, 2.24) is 0 Å².